The molecule has 0 spiro atoms. The summed E-state index contributed by atoms with van der Waals surface area (Å²) in [6, 6.07) is 0. The van der Waals surface area contributed by atoms with Gasteiger partial charge in [-0.1, -0.05) is 19.0 Å². The average molecular weight is 179 g/mol. The Bertz CT molecular complexity index is 300. The summed E-state index contributed by atoms with van der Waals surface area (Å²) in [4.78, 5) is 2.74. The summed E-state index contributed by atoms with van der Waals surface area (Å²) < 4.78 is 0. The number of aromatic nitrogens is 2. The Labute approximate surface area is 76.8 Å². The highest BCUT2D eigenvalue weighted by molar-refractivity contribution is 5.25. The molecule has 1 aromatic heterocycles. The Kier molecular flexibility index (Phi) is 3.34. The van der Waals surface area contributed by atoms with E-state index in [9.17, 15) is 0 Å². The maximum Gasteiger partial charge on any atom is 0.0655 e. The molecule has 13 heavy (non-hydrogen) atoms. The smallest absolute Gasteiger partial charge is 0.0655 e. The molecule has 0 saturated heterocycles. The van der Waals surface area contributed by atoms with E-state index in [1.165, 1.54) is 0 Å². The summed E-state index contributed by atoms with van der Waals surface area (Å²) >= 11 is 0. The van der Waals surface area contributed by atoms with Gasteiger partial charge in [0.25, 0.3) is 0 Å². The number of nitrogens with one attached hydrogen (secondary N) is 1. The second-order valence-electron chi connectivity index (χ2n) is 2.72. The topological polar surface area (TPSA) is 77.4 Å². The summed E-state index contributed by atoms with van der Waals surface area (Å²) in [5, 5.41) is 10.7. The highest BCUT2D eigenvalue weighted by atomic mass is 15.2. The molecule has 1 rings (SSSR count). The fourth-order valence-corrected chi connectivity index (χ4v) is 1.32. The van der Waals surface area contributed by atoms with Gasteiger partial charge in [0, 0.05) is 16.2 Å². The zero-order valence-electron chi connectivity index (χ0n) is 7.91. The molecule has 0 aromatic carbocycles. The van der Waals surface area contributed by atoms with E-state index in [2.05, 4.69) is 20.2 Å². The van der Waals surface area contributed by atoms with Crippen LogP contribution in [-0.2, 0) is 19.4 Å². The van der Waals surface area contributed by atoms with Crippen LogP contribution in [-0.4, -0.2) is 10.2 Å². The lowest BCUT2D eigenvalue weighted by molar-refractivity contribution is 0.936. The van der Waals surface area contributed by atoms with Gasteiger partial charge in [0.2, 0.25) is 0 Å². The molecular weight excluding hydrogens is 166 g/mol. The summed E-state index contributed by atoms with van der Waals surface area (Å²) in [7, 11) is 0. The summed E-state index contributed by atoms with van der Waals surface area (Å²) in [6.45, 7) is 4.49. The standard InChI is InChI=1S/C8H13N5/c1-3-7-6(5-10-13-9)8(4-2)12-11-7/h3-5H2,1-2H3,(H,11,12). The molecule has 0 amide bonds. The van der Waals surface area contributed by atoms with Crippen LogP contribution in [0.1, 0.15) is 30.8 Å². The molecule has 0 bridgehead atoms. The van der Waals surface area contributed by atoms with Crippen LogP contribution in [0, 0.1) is 0 Å². The van der Waals surface area contributed by atoms with Crippen molar-refractivity contribution in [2.24, 2.45) is 5.11 Å². The van der Waals surface area contributed by atoms with Crippen LogP contribution in [0.3, 0.4) is 0 Å². The van der Waals surface area contributed by atoms with E-state index in [4.69, 9.17) is 5.53 Å². The highest BCUT2D eigenvalue weighted by Gasteiger charge is 2.08. The van der Waals surface area contributed by atoms with Gasteiger partial charge in [-0.2, -0.15) is 5.10 Å². The number of H-pyrrole nitrogens is 1. The van der Waals surface area contributed by atoms with Gasteiger partial charge in [0.05, 0.1) is 12.2 Å². The number of rotatable bonds is 4. The van der Waals surface area contributed by atoms with Crippen LogP contribution in [0.15, 0.2) is 5.11 Å². The van der Waals surface area contributed by atoms with Crippen LogP contribution >= 0.6 is 0 Å². The second-order valence-corrected chi connectivity index (χ2v) is 2.72. The van der Waals surface area contributed by atoms with E-state index in [0.717, 1.165) is 29.8 Å². The molecule has 0 unspecified atom stereocenters. The van der Waals surface area contributed by atoms with Gasteiger partial charge in [-0.25, -0.2) is 0 Å². The van der Waals surface area contributed by atoms with Crippen molar-refractivity contribution in [3.05, 3.63) is 27.4 Å². The van der Waals surface area contributed by atoms with E-state index in [1.807, 2.05) is 13.8 Å². The molecule has 0 atom stereocenters. The van der Waals surface area contributed by atoms with Gasteiger partial charge in [0.1, 0.15) is 0 Å². The maximum atomic E-state index is 8.22. The van der Waals surface area contributed by atoms with Crippen molar-refractivity contribution in [1.29, 1.82) is 0 Å². The van der Waals surface area contributed by atoms with Gasteiger partial charge in [-0.05, 0) is 18.4 Å². The van der Waals surface area contributed by atoms with E-state index in [1.54, 1.807) is 0 Å². The van der Waals surface area contributed by atoms with E-state index < -0.39 is 0 Å². The predicted octanol–water partition coefficient (Wildman–Crippen LogP) is 2.34. The van der Waals surface area contributed by atoms with Crippen molar-refractivity contribution in [3.63, 3.8) is 0 Å². The number of hydrogen-bond donors (Lipinski definition) is 1. The van der Waals surface area contributed by atoms with E-state index >= 15 is 0 Å². The third kappa shape index (κ3) is 2.00. The fourth-order valence-electron chi connectivity index (χ4n) is 1.32. The monoisotopic (exact) mass is 179 g/mol. The molecule has 5 heteroatoms. The lowest BCUT2D eigenvalue weighted by Crippen LogP contribution is -1.91. The van der Waals surface area contributed by atoms with Crippen molar-refractivity contribution in [2.45, 2.75) is 33.2 Å². The molecule has 0 aliphatic rings. The van der Waals surface area contributed by atoms with Crippen LogP contribution in [0.4, 0.5) is 0 Å². The Morgan fingerprint density at radius 1 is 1.46 bits per heavy atom. The molecule has 0 fully saturated rings. The Morgan fingerprint density at radius 2 is 2.23 bits per heavy atom. The predicted molar refractivity (Wildman–Crippen MR) is 50.2 cm³/mol. The normalized spacial score (nSPS) is 9.69. The molecule has 1 N–H and O–H groups in total. The zero-order valence-corrected chi connectivity index (χ0v) is 7.91. The largest absolute Gasteiger partial charge is 0.282 e. The lowest BCUT2D eigenvalue weighted by Gasteiger charge is -1.97. The third-order valence-electron chi connectivity index (χ3n) is 2.02. The highest BCUT2D eigenvalue weighted by Crippen LogP contribution is 2.13. The lowest BCUT2D eigenvalue weighted by atomic mass is 10.1. The molecule has 1 aromatic rings. The molecule has 0 aliphatic heterocycles. The number of hydrogen-bond acceptors (Lipinski definition) is 2. The SMILES string of the molecule is CCc1n[nH]c(CC)c1CN=[N+]=[N-]. The molecular formula is C8H13N5. The quantitative estimate of drug-likeness (QED) is 0.429. The Balaban J connectivity index is 2.97. The second kappa shape index (κ2) is 4.52. The average Bonchev–Trinajstić information content (AvgIpc) is 2.56. The molecule has 0 radical (unpaired) electrons. The third-order valence-corrected chi connectivity index (χ3v) is 2.02. The van der Waals surface area contributed by atoms with Crippen molar-refractivity contribution in [1.82, 2.24) is 10.2 Å². The number of azide groups is 1. The first kappa shape index (κ1) is 9.61. The van der Waals surface area contributed by atoms with E-state index in [0.29, 0.717) is 6.54 Å². The van der Waals surface area contributed by atoms with Crippen LogP contribution in [0.2, 0.25) is 0 Å². The molecule has 0 saturated carbocycles. The Morgan fingerprint density at radius 3 is 2.77 bits per heavy atom. The molecule has 1 heterocycles. The van der Waals surface area contributed by atoms with Gasteiger partial charge >= 0.3 is 0 Å². The maximum absolute atomic E-state index is 8.22. The molecule has 5 nitrogen and oxygen atoms in total. The van der Waals surface area contributed by atoms with Crippen LogP contribution in [0.5, 0.6) is 0 Å². The molecule has 70 valence electrons. The summed E-state index contributed by atoms with van der Waals surface area (Å²) in [5.41, 5.74) is 11.4. The minimum absolute atomic E-state index is 0.402. The van der Waals surface area contributed by atoms with Crippen molar-refractivity contribution in [2.75, 3.05) is 0 Å². The zero-order chi connectivity index (χ0) is 9.68. The summed E-state index contributed by atoms with van der Waals surface area (Å²) in [6.07, 6.45) is 1.76. The first-order chi connectivity index (χ1) is 6.33. The number of aromatic amines is 1. The van der Waals surface area contributed by atoms with Gasteiger partial charge < -0.3 is 0 Å². The van der Waals surface area contributed by atoms with Crippen molar-refractivity contribution >= 4 is 0 Å². The van der Waals surface area contributed by atoms with Crippen molar-refractivity contribution < 1.29 is 0 Å². The minimum atomic E-state index is 0.402. The Hall–Kier alpha value is -1.48. The summed E-state index contributed by atoms with van der Waals surface area (Å²) in [5.74, 6) is 0. The van der Waals surface area contributed by atoms with Crippen LogP contribution < -0.4 is 0 Å². The first-order valence-electron chi connectivity index (χ1n) is 4.39. The van der Waals surface area contributed by atoms with Crippen LogP contribution in [0.25, 0.3) is 10.4 Å². The first-order valence-corrected chi connectivity index (χ1v) is 4.39. The molecule has 0 aliphatic carbocycles. The fraction of sp³-hybridized carbons (Fsp3) is 0.625. The van der Waals surface area contributed by atoms with Gasteiger partial charge in [0.15, 0.2) is 0 Å². The number of aryl methyl sites for hydroxylation is 2. The van der Waals surface area contributed by atoms with Gasteiger partial charge in [-0.15, -0.1) is 0 Å². The van der Waals surface area contributed by atoms with E-state index in [-0.39, 0.29) is 0 Å². The minimum Gasteiger partial charge on any atom is -0.282 e. The number of nitrogens with zero attached hydrogens (tertiary/aromatic N) is 4. The van der Waals surface area contributed by atoms with Gasteiger partial charge in [-0.3, -0.25) is 5.10 Å². The van der Waals surface area contributed by atoms with Crippen molar-refractivity contribution in [3.8, 4) is 0 Å².